The number of aliphatic hydroxyl groups is 1. The first-order valence-electron chi connectivity index (χ1n) is 17.6. The van der Waals surface area contributed by atoms with Crippen molar-refractivity contribution in [2.45, 2.75) is 148 Å². The molecule has 0 aliphatic carbocycles. The van der Waals surface area contributed by atoms with Gasteiger partial charge in [0.1, 0.15) is 6.61 Å². The molecule has 1 atom stereocenters. The van der Waals surface area contributed by atoms with E-state index < -0.39 is 6.10 Å². The summed E-state index contributed by atoms with van der Waals surface area (Å²) in [7, 11) is 0. The first-order valence-corrected chi connectivity index (χ1v) is 17.6. The number of aliphatic hydroxyl groups excluding tert-OH is 1. The van der Waals surface area contributed by atoms with Crippen molar-refractivity contribution in [3.63, 3.8) is 0 Å². The fraction of sp³-hybridized carbons (Fsp3) is 0.641. The molecule has 1 unspecified atom stereocenters. The van der Waals surface area contributed by atoms with Gasteiger partial charge in [0.2, 0.25) is 0 Å². The van der Waals surface area contributed by atoms with Gasteiger partial charge in [0.25, 0.3) is 0 Å². The van der Waals surface area contributed by atoms with Crippen molar-refractivity contribution in [2.24, 2.45) is 0 Å². The highest BCUT2D eigenvalue weighted by atomic mass is 16.6. The molecule has 0 aromatic carbocycles. The molecule has 5 heteroatoms. The minimum absolute atomic E-state index is 0.108. The molecule has 0 aromatic heterocycles. The highest BCUT2D eigenvalue weighted by molar-refractivity contribution is 5.70. The lowest BCUT2D eigenvalue weighted by atomic mass is 10.1. The molecule has 250 valence electrons. The van der Waals surface area contributed by atoms with Crippen LogP contribution in [-0.4, -0.2) is 36.4 Å². The van der Waals surface area contributed by atoms with Crippen LogP contribution < -0.4 is 0 Å². The monoisotopic (exact) mass is 612 g/mol. The van der Waals surface area contributed by atoms with E-state index in [1.54, 1.807) is 0 Å². The Balaban J connectivity index is 3.70. The standard InChI is InChI=1S/C39H64O5/c1-3-5-7-9-11-13-15-17-18-19-20-22-24-26-28-30-32-34-39(42)44-37(35-40)36-43-38(41)33-31-29-27-25-23-21-16-14-12-10-8-6-4-2/h6,8,10,12,14,16-18,21,23,25,27,37,40H,3-5,7,9,11,13,15,19-20,22,24,26,28-36H2,1-2H3/b8-6+,12-10+,16-14+,18-17+,23-21+,27-25+. The highest BCUT2D eigenvalue weighted by Gasteiger charge is 2.15. The summed E-state index contributed by atoms with van der Waals surface area (Å²) in [6.07, 6.45) is 45.3. The summed E-state index contributed by atoms with van der Waals surface area (Å²) < 4.78 is 10.5. The zero-order valence-electron chi connectivity index (χ0n) is 28.1. The fourth-order valence-electron chi connectivity index (χ4n) is 4.46. The Morgan fingerprint density at radius 2 is 1.02 bits per heavy atom. The number of allylic oxidation sites excluding steroid dienone is 12. The van der Waals surface area contributed by atoms with Crippen LogP contribution in [0, 0.1) is 0 Å². The Morgan fingerprint density at radius 1 is 0.545 bits per heavy atom. The van der Waals surface area contributed by atoms with Gasteiger partial charge < -0.3 is 14.6 Å². The van der Waals surface area contributed by atoms with E-state index in [1.165, 1.54) is 77.0 Å². The van der Waals surface area contributed by atoms with E-state index >= 15 is 0 Å². The predicted octanol–water partition coefficient (Wildman–Crippen LogP) is 10.6. The van der Waals surface area contributed by atoms with Crippen molar-refractivity contribution in [2.75, 3.05) is 13.2 Å². The molecule has 44 heavy (non-hydrogen) atoms. The second-order valence-corrected chi connectivity index (χ2v) is 11.3. The number of carbonyl (C=O) groups excluding carboxylic acids is 2. The summed E-state index contributed by atoms with van der Waals surface area (Å²) in [5.41, 5.74) is 0. The second kappa shape index (κ2) is 34.8. The molecule has 0 radical (unpaired) electrons. The van der Waals surface area contributed by atoms with Gasteiger partial charge in [0.15, 0.2) is 6.10 Å². The summed E-state index contributed by atoms with van der Waals surface area (Å²) in [5.74, 6) is -0.690. The number of unbranched alkanes of at least 4 members (excludes halogenated alkanes) is 14. The van der Waals surface area contributed by atoms with Crippen LogP contribution in [0.2, 0.25) is 0 Å². The average Bonchev–Trinajstić information content (AvgIpc) is 3.02. The van der Waals surface area contributed by atoms with Crippen LogP contribution >= 0.6 is 0 Å². The molecule has 5 nitrogen and oxygen atoms in total. The number of hydrogen-bond donors (Lipinski definition) is 1. The van der Waals surface area contributed by atoms with E-state index in [2.05, 4.69) is 32.1 Å². The van der Waals surface area contributed by atoms with Crippen LogP contribution in [-0.2, 0) is 19.1 Å². The Labute approximate surface area is 270 Å². The zero-order valence-corrected chi connectivity index (χ0v) is 28.1. The number of rotatable bonds is 30. The molecule has 0 aromatic rings. The lowest BCUT2D eigenvalue weighted by Crippen LogP contribution is -2.28. The first kappa shape index (κ1) is 41.3. The van der Waals surface area contributed by atoms with Crippen molar-refractivity contribution in [1.82, 2.24) is 0 Å². The third kappa shape index (κ3) is 32.3. The van der Waals surface area contributed by atoms with Crippen LogP contribution in [0.25, 0.3) is 0 Å². The third-order valence-electron chi connectivity index (χ3n) is 7.11. The Hall–Kier alpha value is -2.66. The topological polar surface area (TPSA) is 72.8 Å². The molecule has 0 aliphatic heterocycles. The summed E-state index contributed by atoms with van der Waals surface area (Å²) in [5, 5.41) is 9.51. The van der Waals surface area contributed by atoms with Gasteiger partial charge in [-0.15, -0.1) is 0 Å². The molecule has 0 aliphatic rings. The lowest BCUT2D eigenvalue weighted by molar-refractivity contribution is -0.161. The number of hydrogen-bond acceptors (Lipinski definition) is 5. The van der Waals surface area contributed by atoms with Gasteiger partial charge in [-0.25, -0.2) is 0 Å². The van der Waals surface area contributed by atoms with E-state index in [4.69, 9.17) is 9.47 Å². The molecular formula is C39H64O5. The number of esters is 2. The maximum atomic E-state index is 12.1. The van der Waals surface area contributed by atoms with Gasteiger partial charge in [-0.1, -0.05) is 151 Å². The second-order valence-electron chi connectivity index (χ2n) is 11.3. The minimum Gasteiger partial charge on any atom is -0.462 e. The molecule has 1 N–H and O–H groups in total. The van der Waals surface area contributed by atoms with Crippen LogP contribution in [0.1, 0.15) is 142 Å². The van der Waals surface area contributed by atoms with Crippen LogP contribution in [0.4, 0.5) is 0 Å². The molecule has 0 heterocycles. The Kier molecular flexibility index (Phi) is 32.7. The zero-order chi connectivity index (χ0) is 32.2. The van der Waals surface area contributed by atoms with Crippen molar-refractivity contribution in [3.8, 4) is 0 Å². The van der Waals surface area contributed by atoms with Gasteiger partial charge in [0.05, 0.1) is 6.61 Å². The summed E-state index contributed by atoms with van der Waals surface area (Å²) in [4.78, 5) is 24.1. The number of carbonyl (C=O) groups is 2. The van der Waals surface area contributed by atoms with Gasteiger partial charge in [-0.3, -0.25) is 9.59 Å². The van der Waals surface area contributed by atoms with Gasteiger partial charge in [-0.2, -0.15) is 0 Å². The first-order chi connectivity index (χ1) is 21.6. The summed E-state index contributed by atoms with van der Waals surface area (Å²) in [6.45, 7) is 3.90. The van der Waals surface area contributed by atoms with Crippen LogP contribution in [0.15, 0.2) is 72.9 Å². The number of ether oxygens (including phenoxy) is 2. The van der Waals surface area contributed by atoms with E-state index in [0.29, 0.717) is 12.8 Å². The maximum absolute atomic E-state index is 12.1. The van der Waals surface area contributed by atoms with E-state index in [9.17, 15) is 14.7 Å². The minimum atomic E-state index is -0.804. The molecule has 0 saturated carbocycles. The summed E-state index contributed by atoms with van der Waals surface area (Å²) in [6, 6.07) is 0. The normalized spacial score (nSPS) is 13.1. The van der Waals surface area contributed by atoms with Crippen LogP contribution in [0.5, 0.6) is 0 Å². The lowest BCUT2D eigenvalue weighted by Gasteiger charge is -2.15. The van der Waals surface area contributed by atoms with Crippen molar-refractivity contribution >= 4 is 11.9 Å². The van der Waals surface area contributed by atoms with Gasteiger partial charge in [0, 0.05) is 12.8 Å². The third-order valence-corrected chi connectivity index (χ3v) is 7.11. The molecule has 0 rings (SSSR count). The van der Waals surface area contributed by atoms with Crippen molar-refractivity contribution < 1.29 is 24.2 Å². The van der Waals surface area contributed by atoms with Crippen LogP contribution in [0.3, 0.4) is 0 Å². The van der Waals surface area contributed by atoms with Crippen molar-refractivity contribution in [3.05, 3.63) is 72.9 Å². The molecular weight excluding hydrogens is 548 g/mol. The maximum Gasteiger partial charge on any atom is 0.306 e. The average molecular weight is 613 g/mol. The summed E-state index contributed by atoms with van der Waals surface area (Å²) >= 11 is 0. The van der Waals surface area contributed by atoms with Gasteiger partial charge in [-0.05, 0) is 51.4 Å². The molecule has 0 saturated heterocycles. The Morgan fingerprint density at radius 3 is 1.59 bits per heavy atom. The molecule has 0 spiro atoms. The van der Waals surface area contributed by atoms with E-state index in [1.807, 2.05) is 54.7 Å². The molecule has 0 bridgehead atoms. The van der Waals surface area contributed by atoms with Gasteiger partial charge >= 0.3 is 11.9 Å². The quantitative estimate of drug-likeness (QED) is 0.0378. The molecule has 0 fully saturated rings. The smallest absolute Gasteiger partial charge is 0.306 e. The highest BCUT2D eigenvalue weighted by Crippen LogP contribution is 2.12. The fourth-order valence-corrected chi connectivity index (χ4v) is 4.46. The van der Waals surface area contributed by atoms with Crippen molar-refractivity contribution in [1.29, 1.82) is 0 Å². The van der Waals surface area contributed by atoms with E-state index in [0.717, 1.165) is 32.1 Å². The predicted molar refractivity (Wildman–Crippen MR) is 186 cm³/mol. The molecule has 0 amide bonds. The Bertz CT molecular complexity index is 833. The SMILES string of the molecule is CC/C=C/C=C/C=C/C=C/C=C/CCCC(=O)OCC(CO)OC(=O)CCCCCCCCC/C=C/CCCCCCCC. The van der Waals surface area contributed by atoms with E-state index in [-0.39, 0.29) is 31.6 Å². The largest absolute Gasteiger partial charge is 0.462 e.